The molecule has 0 saturated heterocycles. The molecule has 1 heterocycles. The molecule has 9 heteroatoms. The molecule has 0 unspecified atom stereocenters. The van der Waals surface area contributed by atoms with Gasteiger partial charge in [-0.3, -0.25) is 14.4 Å². The lowest BCUT2D eigenvalue weighted by atomic mass is 10.1. The van der Waals surface area contributed by atoms with E-state index in [1.54, 1.807) is 4.90 Å². The van der Waals surface area contributed by atoms with Crippen molar-refractivity contribution < 1.29 is 18.0 Å². The Labute approximate surface area is 176 Å². The Hall–Kier alpha value is -2.94. The van der Waals surface area contributed by atoms with Gasteiger partial charge in [0.25, 0.3) is 17.4 Å². The first-order chi connectivity index (χ1) is 13.8. The van der Waals surface area contributed by atoms with Gasteiger partial charge in [0, 0.05) is 31.6 Å². The van der Waals surface area contributed by atoms with Gasteiger partial charge in [-0.2, -0.15) is 0 Å². The van der Waals surface area contributed by atoms with Crippen molar-refractivity contribution in [1.82, 2.24) is 9.47 Å². The Morgan fingerprint density at radius 1 is 1.07 bits per heavy atom. The average Bonchev–Trinajstić information content (AvgIpc) is 2.63. The van der Waals surface area contributed by atoms with Gasteiger partial charge in [-0.1, -0.05) is 12.1 Å². The number of nitrogens with zero attached hydrogens (tertiary/aromatic N) is 2. The molecule has 30 heavy (non-hydrogen) atoms. The van der Waals surface area contributed by atoms with E-state index >= 15 is 0 Å². The van der Waals surface area contributed by atoms with E-state index < -0.39 is 21.3 Å². The number of aromatic nitrogens is 1. The SMILES string of the molecule is CC(C)N(C(=O)c1cc(NC(=O)c2ccccc2S(C)(=O)=O)c(=O)n(C)c1)C(C)C. The van der Waals surface area contributed by atoms with E-state index in [0.29, 0.717) is 0 Å². The predicted octanol–water partition coefficient (Wildman–Crippen LogP) is 2.30. The molecule has 8 nitrogen and oxygen atoms in total. The minimum Gasteiger partial charge on any atom is -0.334 e. The third-order valence-electron chi connectivity index (χ3n) is 4.56. The van der Waals surface area contributed by atoms with Gasteiger partial charge < -0.3 is 14.8 Å². The van der Waals surface area contributed by atoms with Gasteiger partial charge in [0.05, 0.1) is 16.0 Å². The number of hydrogen-bond acceptors (Lipinski definition) is 5. The van der Waals surface area contributed by atoms with Crippen molar-refractivity contribution in [3.63, 3.8) is 0 Å². The highest BCUT2D eigenvalue weighted by atomic mass is 32.2. The van der Waals surface area contributed by atoms with E-state index in [1.807, 2.05) is 27.7 Å². The zero-order valence-corrected chi connectivity index (χ0v) is 18.8. The van der Waals surface area contributed by atoms with Crippen molar-refractivity contribution in [3.8, 4) is 0 Å². The lowest BCUT2D eigenvalue weighted by molar-refractivity contribution is 0.0642. The Morgan fingerprint density at radius 3 is 2.17 bits per heavy atom. The number of benzene rings is 1. The smallest absolute Gasteiger partial charge is 0.274 e. The van der Waals surface area contributed by atoms with Crippen molar-refractivity contribution in [2.24, 2.45) is 7.05 Å². The van der Waals surface area contributed by atoms with Gasteiger partial charge in [-0.05, 0) is 45.9 Å². The summed E-state index contributed by atoms with van der Waals surface area (Å²) in [7, 11) is -2.17. The van der Waals surface area contributed by atoms with Crippen molar-refractivity contribution in [1.29, 1.82) is 0 Å². The van der Waals surface area contributed by atoms with Crippen LogP contribution in [0.3, 0.4) is 0 Å². The first-order valence-corrected chi connectivity index (χ1v) is 11.4. The van der Waals surface area contributed by atoms with E-state index in [0.717, 1.165) is 6.26 Å². The van der Waals surface area contributed by atoms with Crippen molar-refractivity contribution in [2.75, 3.05) is 11.6 Å². The zero-order chi connectivity index (χ0) is 22.8. The maximum Gasteiger partial charge on any atom is 0.274 e. The maximum atomic E-state index is 13.0. The number of hydrogen-bond donors (Lipinski definition) is 1. The number of pyridine rings is 1. The number of carbonyl (C=O) groups is 2. The van der Waals surface area contributed by atoms with E-state index in [9.17, 15) is 22.8 Å². The van der Waals surface area contributed by atoms with Crippen LogP contribution < -0.4 is 10.9 Å². The molecule has 0 aliphatic heterocycles. The number of amides is 2. The van der Waals surface area contributed by atoms with Crippen LogP contribution in [0.2, 0.25) is 0 Å². The van der Waals surface area contributed by atoms with E-state index in [2.05, 4.69) is 5.32 Å². The van der Waals surface area contributed by atoms with Crippen LogP contribution >= 0.6 is 0 Å². The molecule has 2 rings (SSSR count). The number of sulfone groups is 1. The summed E-state index contributed by atoms with van der Waals surface area (Å²) in [6, 6.07) is 6.94. The van der Waals surface area contributed by atoms with Crippen LogP contribution in [-0.2, 0) is 16.9 Å². The topological polar surface area (TPSA) is 106 Å². The molecule has 0 fully saturated rings. The van der Waals surface area contributed by atoms with Gasteiger partial charge in [0.1, 0.15) is 5.69 Å². The summed E-state index contributed by atoms with van der Waals surface area (Å²) in [5.41, 5.74) is -0.461. The predicted molar refractivity (Wildman–Crippen MR) is 116 cm³/mol. The normalized spacial score (nSPS) is 11.6. The van der Waals surface area contributed by atoms with E-state index in [4.69, 9.17) is 0 Å². The molecule has 0 aliphatic rings. The summed E-state index contributed by atoms with van der Waals surface area (Å²) >= 11 is 0. The summed E-state index contributed by atoms with van der Waals surface area (Å²) in [5.74, 6) is -1.02. The first kappa shape index (κ1) is 23.3. The first-order valence-electron chi connectivity index (χ1n) is 9.48. The molecule has 0 spiro atoms. The van der Waals surface area contributed by atoms with Gasteiger partial charge in [-0.25, -0.2) is 8.42 Å². The summed E-state index contributed by atoms with van der Waals surface area (Å²) in [4.78, 5) is 39.8. The zero-order valence-electron chi connectivity index (χ0n) is 18.0. The van der Waals surface area contributed by atoms with Crippen LogP contribution in [-0.4, -0.2) is 48.0 Å². The van der Waals surface area contributed by atoms with Crippen LogP contribution in [0.5, 0.6) is 0 Å². The lowest BCUT2D eigenvalue weighted by Gasteiger charge is -2.31. The molecular weight excluding hydrogens is 406 g/mol. The Morgan fingerprint density at radius 2 is 1.63 bits per heavy atom. The Bertz CT molecular complexity index is 1130. The third kappa shape index (κ3) is 4.96. The van der Waals surface area contributed by atoms with Crippen LogP contribution in [0, 0.1) is 0 Å². The summed E-state index contributed by atoms with van der Waals surface area (Å²) in [5, 5.41) is 2.47. The van der Waals surface area contributed by atoms with Crippen LogP contribution in [0.4, 0.5) is 5.69 Å². The lowest BCUT2D eigenvalue weighted by Crippen LogP contribution is -2.42. The Kier molecular flexibility index (Phi) is 6.87. The largest absolute Gasteiger partial charge is 0.334 e. The minimum atomic E-state index is -3.65. The Balaban J connectivity index is 2.49. The number of carbonyl (C=O) groups excluding carboxylic acids is 2. The number of nitrogens with one attached hydrogen (secondary N) is 1. The molecule has 1 N–H and O–H groups in total. The highest BCUT2D eigenvalue weighted by Gasteiger charge is 2.24. The standard InChI is InChI=1S/C21H27N3O5S/c1-13(2)24(14(3)4)20(26)15-11-17(21(27)23(5)12-15)22-19(25)16-9-7-8-10-18(16)30(6,28)29/h7-14H,1-6H3,(H,22,25). The number of aryl methyl sites for hydroxylation is 1. The molecule has 0 atom stereocenters. The van der Waals surface area contributed by atoms with Gasteiger partial charge in [-0.15, -0.1) is 0 Å². The molecule has 162 valence electrons. The van der Waals surface area contributed by atoms with Crippen LogP contribution in [0.25, 0.3) is 0 Å². The maximum absolute atomic E-state index is 13.0. The molecule has 1 aromatic heterocycles. The second-order valence-corrected chi connectivity index (χ2v) is 9.67. The monoisotopic (exact) mass is 433 g/mol. The molecule has 0 saturated carbocycles. The van der Waals surface area contributed by atoms with Crippen molar-refractivity contribution in [3.05, 3.63) is 58.0 Å². The van der Waals surface area contributed by atoms with E-state index in [1.165, 1.54) is 48.1 Å². The molecule has 0 aliphatic carbocycles. The fourth-order valence-electron chi connectivity index (χ4n) is 3.30. The summed E-state index contributed by atoms with van der Waals surface area (Å²) in [6.45, 7) is 7.57. The molecular formula is C21H27N3O5S. The fraction of sp³-hybridized carbons (Fsp3) is 0.381. The summed E-state index contributed by atoms with van der Waals surface area (Å²) in [6.07, 6.45) is 2.42. The highest BCUT2D eigenvalue weighted by Crippen LogP contribution is 2.18. The molecule has 2 amide bonds. The quantitative estimate of drug-likeness (QED) is 0.752. The second kappa shape index (κ2) is 8.83. The van der Waals surface area contributed by atoms with E-state index in [-0.39, 0.29) is 39.7 Å². The van der Waals surface area contributed by atoms with Gasteiger partial charge in [0.2, 0.25) is 0 Å². The third-order valence-corrected chi connectivity index (χ3v) is 5.71. The number of rotatable bonds is 6. The molecule has 1 aromatic carbocycles. The van der Waals surface area contributed by atoms with Crippen molar-refractivity contribution in [2.45, 2.75) is 44.7 Å². The van der Waals surface area contributed by atoms with Gasteiger partial charge in [0.15, 0.2) is 9.84 Å². The summed E-state index contributed by atoms with van der Waals surface area (Å²) < 4.78 is 25.2. The highest BCUT2D eigenvalue weighted by molar-refractivity contribution is 7.90. The molecule has 0 bridgehead atoms. The molecule has 2 aromatic rings. The fourth-order valence-corrected chi connectivity index (χ4v) is 4.19. The minimum absolute atomic E-state index is 0.0607. The van der Waals surface area contributed by atoms with Gasteiger partial charge >= 0.3 is 0 Å². The van der Waals surface area contributed by atoms with Crippen molar-refractivity contribution >= 4 is 27.3 Å². The van der Waals surface area contributed by atoms with Crippen LogP contribution in [0.15, 0.2) is 46.2 Å². The number of anilines is 1. The molecule has 0 radical (unpaired) electrons. The second-order valence-electron chi connectivity index (χ2n) is 7.68. The average molecular weight is 434 g/mol. The van der Waals surface area contributed by atoms with Crippen LogP contribution in [0.1, 0.15) is 48.4 Å².